The van der Waals surface area contributed by atoms with Crippen molar-refractivity contribution in [3.8, 4) is 0 Å². The molecule has 1 aliphatic heterocycles. The standard InChI is InChI=1S/C8H11NO3S.ClH/c10-13(11,8-4-9-5-8)6-7-2-1-3-12-7;/h1-3,8-9H,4-6H2;1H. The predicted molar refractivity (Wildman–Crippen MR) is 55.2 cm³/mol. The average molecular weight is 238 g/mol. The average Bonchev–Trinajstić information content (AvgIpc) is 2.32. The number of furan rings is 1. The zero-order valence-corrected chi connectivity index (χ0v) is 9.10. The third-order valence-corrected chi connectivity index (χ3v) is 4.21. The van der Waals surface area contributed by atoms with Gasteiger partial charge in [-0.3, -0.25) is 0 Å². The second kappa shape index (κ2) is 4.33. The molecule has 1 fully saturated rings. The van der Waals surface area contributed by atoms with E-state index in [0.717, 1.165) is 0 Å². The molecule has 0 aliphatic carbocycles. The van der Waals surface area contributed by atoms with Crippen molar-refractivity contribution in [1.29, 1.82) is 0 Å². The lowest BCUT2D eigenvalue weighted by atomic mass is 10.3. The molecule has 6 heteroatoms. The summed E-state index contributed by atoms with van der Waals surface area (Å²) < 4.78 is 28.1. The molecule has 0 unspecified atom stereocenters. The Morgan fingerprint density at radius 3 is 2.64 bits per heavy atom. The monoisotopic (exact) mass is 237 g/mol. The van der Waals surface area contributed by atoms with Crippen molar-refractivity contribution < 1.29 is 12.8 Å². The van der Waals surface area contributed by atoms with Crippen molar-refractivity contribution in [2.45, 2.75) is 11.0 Å². The molecule has 0 aromatic carbocycles. The van der Waals surface area contributed by atoms with Crippen LogP contribution in [0.3, 0.4) is 0 Å². The van der Waals surface area contributed by atoms with Crippen LogP contribution in [0, 0.1) is 0 Å². The summed E-state index contributed by atoms with van der Waals surface area (Å²) in [6.45, 7) is 1.14. The zero-order chi connectivity index (χ0) is 9.31. The Labute approximate surface area is 89.0 Å². The van der Waals surface area contributed by atoms with E-state index in [1.807, 2.05) is 0 Å². The number of rotatable bonds is 3. The number of hydrogen-bond donors (Lipinski definition) is 1. The van der Waals surface area contributed by atoms with E-state index in [4.69, 9.17) is 4.42 Å². The van der Waals surface area contributed by atoms with Gasteiger partial charge in [0.2, 0.25) is 0 Å². The molecule has 14 heavy (non-hydrogen) atoms. The lowest BCUT2D eigenvalue weighted by Gasteiger charge is -2.26. The van der Waals surface area contributed by atoms with Crippen molar-refractivity contribution in [2.24, 2.45) is 0 Å². The van der Waals surface area contributed by atoms with Gasteiger partial charge < -0.3 is 9.73 Å². The van der Waals surface area contributed by atoms with Crippen LogP contribution in [0.4, 0.5) is 0 Å². The van der Waals surface area contributed by atoms with Crippen molar-refractivity contribution in [2.75, 3.05) is 13.1 Å². The first kappa shape index (κ1) is 11.6. The first-order valence-electron chi connectivity index (χ1n) is 4.13. The summed E-state index contributed by atoms with van der Waals surface area (Å²) in [5, 5.41) is 2.71. The van der Waals surface area contributed by atoms with E-state index < -0.39 is 9.84 Å². The summed E-state index contributed by atoms with van der Waals surface area (Å²) in [5.74, 6) is 0.540. The second-order valence-corrected chi connectivity index (χ2v) is 5.45. The maximum Gasteiger partial charge on any atom is 0.162 e. The molecule has 1 aromatic rings. The van der Waals surface area contributed by atoms with Crippen LogP contribution in [0.25, 0.3) is 0 Å². The Bertz CT molecular complexity index is 369. The lowest BCUT2D eigenvalue weighted by Crippen LogP contribution is -2.51. The van der Waals surface area contributed by atoms with Gasteiger partial charge in [0, 0.05) is 13.1 Å². The van der Waals surface area contributed by atoms with Crippen molar-refractivity contribution >= 4 is 22.2 Å². The molecule has 2 rings (SSSR count). The number of halogens is 1. The van der Waals surface area contributed by atoms with Crippen molar-refractivity contribution in [3.63, 3.8) is 0 Å². The summed E-state index contributed by atoms with van der Waals surface area (Å²) in [7, 11) is -3.00. The van der Waals surface area contributed by atoms with Gasteiger partial charge in [0.25, 0.3) is 0 Å². The lowest BCUT2D eigenvalue weighted by molar-refractivity contribution is 0.484. The van der Waals surface area contributed by atoms with Crippen LogP contribution in [0.15, 0.2) is 22.8 Å². The molecular formula is C8H12ClNO3S. The van der Waals surface area contributed by atoms with Gasteiger partial charge in [-0.15, -0.1) is 12.4 Å². The van der Waals surface area contributed by atoms with E-state index >= 15 is 0 Å². The number of hydrogen-bond acceptors (Lipinski definition) is 4. The third-order valence-electron chi connectivity index (χ3n) is 2.18. The van der Waals surface area contributed by atoms with Gasteiger partial charge in [-0.1, -0.05) is 0 Å². The molecule has 0 spiro atoms. The summed E-state index contributed by atoms with van der Waals surface area (Å²) in [6, 6.07) is 3.38. The Kier molecular flexibility index (Phi) is 3.58. The fraction of sp³-hybridized carbons (Fsp3) is 0.500. The van der Waals surface area contributed by atoms with Gasteiger partial charge in [-0.2, -0.15) is 0 Å². The molecule has 0 saturated carbocycles. The van der Waals surface area contributed by atoms with E-state index in [1.54, 1.807) is 12.1 Å². The minimum Gasteiger partial charge on any atom is -0.468 e. The molecule has 0 bridgehead atoms. The first-order chi connectivity index (χ1) is 6.18. The molecule has 2 heterocycles. The summed E-state index contributed by atoms with van der Waals surface area (Å²) in [5.41, 5.74) is 0. The van der Waals surface area contributed by atoms with Gasteiger partial charge in [-0.25, -0.2) is 8.42 Å². The van der Waals surface area contributed by atoms with Crippen molar-refractivity contribution in [1.82, 2.24) is 5.32 Å². The van der Waals surface area contributed by atoms with Crippen LogP contribution in [-0.4, -0.2) is 26.8 Å². The van der Waals surface area contributed by atoms with Gasteiger partial charge >= 0.3 is 0 Å². The van der Waals surface area contributed by atoms with Crippen LogP contribution < -0.4 is 5.32 Å². The number of nitrogens with one attached hydrogen (secondary N) is 1. The molecule has 1 N–H and O–H groups in total. The van der Waals surface area contributed by atoms with Gasteiger partial charge in [0.15, 0.2) is 9.84 Å². The Balaban J connectivity index is 0.000000980. The highest BCUT2D eigenvalue weighted by Gasteiger charge is 2.31. The normalized spacial score (nSPS) is 17.1. The highest BCUT2D eigenvalue weighted by molar-refractivity contribution is 7.91. The molecule has 4 nitrogen and oxygen atoms in total. The second-order valence-electron chi connectivity index (χ2n) is 3.17. The summed E-state index contributed by atoms with van der Waals surface area (Å²) in [4.78, 5) is 0. The van der Waals surface area contributed by atoms with Gasteiger partial charge in [-0.05, 0) is 12.1 Å². The molecule has 0 radical (unpaired) electrons. The van der Waals surface area contributed by atoms with Crippen LogP contribution in [0.5, 0.6) is 0 Å². The maximum absolute atomic E-state index is 11.6. The molecule has 0 atom stereocenters. The first-order valence-corrected chi connectivity index (χ1v) is 5.85. The van der Waals surface area contributed by atoms with E-state index in [9.17, 15) is 8.42 Å². The third kappa shape index (κ3) is 2.29. The molecule has 0 amide bonds. The van der Waals surface area contributed by atoms with E-state index in [1.165, 1.54) is 6.26 Å². The van der Waals surface area contributed by atoms with Gasteiger partial charge in [0.05, 0.1) is 11.5 Å². The molecule has 1 aliphatic rings. The van der Waals surface area contributed by atoms with Crippen molar-refractivity contribution in [3.05, 3.63) is 24.2 Å². The summed E-state index contributed by atoms with van der Waals surface area (Å²) in [6.07, 6.45) is 1.49. The SMILES string of the molecule is Cl.O=S(=O)(Cc1ccco1)C1CNC1. The largest absolute Gasteiger partial charge is 0.468 e. The fourth-order valence-corrected chi connectivity index (χ4v) is 2.77. The van der Waals surface area contributed by atoms with E-state index in [0.29, 0.717) is 18.8 Å². The molecule has 1 aromatic heterocycles. The van der Waals surface area contributed by atoms with Gasteiger partial charge in [0.1, 0.15) is 11.5 Å². The highest BCUT2D eigenvalue weighted by atomic mass is 35.5. The van der Waals surface area contributed by atoms with Crippen LogP contribution in [0.2, 0.25) is 0 Å². The van der Waals surface area contributed by atoms with Crippen LogP contribution >= 0.6 is 12.4 Å². The Morgan fingerprint density at radius 1 is 1.50 bits per heavy atom. The van der Waals surface area contributed by atoms with Crippen LogP contribution in [0.1, 0.15) is 5.76 Å². The maximum atomic E-state index is 11.6. The smallest absolute Gasteiger partial charge is 0.162 e. The fourth-order valence-electron chi connectivity index (χ4n) is 1.23. The van der Waals surface area contributed by atoms with E-state index in [-0.39, 0.29) is 23.4 Å². The Morgan fingerprint density at radius 2 is 2.21 bits per heavy atom. The molecule has 1 saturated heterocycles. The summed E-state index contributed by atoms with van der Waals surface area (Å²) >= 11 is 0. The molecular weight excluding hydrogens is 226 g/mol. The predicted octanol–water partition coefficient (Wildman–Crippen LogP) is 0.588. The highest BCUT2D eigenvalue weighted by Crippen LogP contribution is 2.14. The van der Waals surface area contributed by atoms with E-state index in [2.05, 4.69) is 5.32 Å². The molecule has 80 valence electrons. The van der Waals surface area contributed by atoms with Crippen LogP contribution in [-0.2, 0) is 15.6 Å². The topological polar surface area (TPSA) is 59.3 Å². The minimum absolute atomic E-state index is 0. The Hall–Kier alpha value is -0.520. The zero-order valence-electron chi connectivity index (χ0n) is 7.47. The number of sulfone groups is 1. The minimum atomic E-state index is -3.00. The quantitative estimate of drug-likeness (QED) is 0.836.